The minimum absolute atomic E-state index is 0.543. The third-order valence-electron chi connectivity index (χ3n) is 3.21. The van der Waals surface area contributed by atoms with Crippen LogP contribution in [0.25, 0.3) is 0 Å². The van der Waals surface area contributed by atoms with Crippen molar-refractivity contribution in [1.82, 2.24) is 5.32 Å². The van der Waals surface area contributed by atoms with Crippen LogP contribution in [0.1, 0.15) is 18.9 Å². The van der Waals surface area contributed by atoms with Crippen molar-refractivity contribution < 1.29 is 4.74 Å². The molecule has 2 rings (SSSR count). The van der Waals surface area contributed by atoms with Crippen LogP contribution in [0.5, 0.6) is 0 Å². The fraction of sp³-hybridized carbons (Fsp3) is 0.538. The monoisotopic (exact) mass is 331 g/mol. The number of ether oxygens (including phenoxy) is 1. The molecule has 16 heavy (non-hydrogen) atoms. The highest BCUT2D eigenvalue weighted by atomic mass is 127. The van der Waals surface area contributed by atoms with Crippen LogP contribution in [0.4, 0.5) is 0 Å². The predicted molar refractivity (Wildman–Crippen MR) is 74.4 cm³/mol. The first-order valence-corrected chi connectivity index (χ1v) is 6.89. The van der Waals surface area contributed by atoms with Gasteiger partial charge in [-0.05, 0) is 59.5 Å². The molecule has 1 aliphatic rings. The Labute approximate surface area is 111 Å². The Bertz CT molecular complexity index is 319. The van der Waals surface area contributed by atoms with Crippen molar-refractivity contribution >= 4 is 22.6 Å². The number of rotatable bonds is 4. The molecule has 1 heterocycles. The Balaban J connectivity index is 1.80. The van der Waals surface area contributed by atoms with Crippen molar-refractivity contribution in [3.63, 3.8) is 0 Å². The van der Waals surface area contributed by atoms with Gasteiger partial charge in [-0.3, -0.25) is 0 Å². The van der Waals surface area contributed by atoms with E-state index in [9.17, 15) is 0 Å². The van der Waals surface area contributed by atoms with E-state index < -0.39 is 0 Å². The molecule has 1 saturated heterocycles. The fourth-order valence-electron chi connectivity index (χ4n) is 1.99. The lowest BCUT2D eigenvalue weighted by molar-refractivity contribution is 0.178. The summed E-state index contributed by atoms with van der Waals surface area (Å²) in [6.07, 6.45) is 1.20. The van der Waals surface area contributed by atoms with E-state index in [4.69, 9.17) is 4.74 Å². The molecular formula is C13H18INO. The van der Waals surface area contributed by atoms with Gasteiger partial charge in [0.25, 0.3) is 0 Å². The van der Waals surface area contributed by atoms with Gasteiger partial charge in [0, 0.05) is 22.8 Å². The van der Waals surface area contributed by atoms with Crippen LogP contribution in [0.2, 0.25) is 0 Å². The van der Waals surface area contributed by atoms with Gasteiger partial charge in [0.15, 0.2) is 0 Å². The maximum atomic E-state index is 5.41. The average Bonchev–Trinajstić information content (AvgIpc) is 2.81. The Kier molecular flexibility index (Phi) is 4.61. The van der Waals surface area contributed by atoms with E-state index in [1.54, 1.807) is 0 Å². The predicted octanol–water partition coefficient (Wildman–Crippen LogP) is 2.81. The van der Waals surface area contributed by atoms with E-state index in [0.29, 0.717) is 12.0 Å². The molecule has 0 amide bonds. The van der Waals surface area contributed by atoms with Crippen LogP contribution in [0, 0.1) is 9.49 Å². The van der Waals surface area contributed by atoms with Gasteiger partial charge in [-0.1, -0.05) is 12.1 Å². The van der Waals surface area contributed by atoms with Gasteiger partial charge in [-0.25, -0.2) is 0 Å². The molecule has 0 bridgehead atoms. The average molecular weight is 331 g/mol. The molecule has 1 aliphatic heterocycles. The summed E-state index contributed by atoms with van der Waals surface area (Å²) < 4.78 is 6.70. The first-order valence-electron chi connectivity index (χ1n) is 5.81. The van der Waals surface area contributed by atoms with Crippen molar-refractivity contribution in [2.24, 2.45) is 5.92 Å². The van der Waals surface area contributed by atoms with Crippen LogP contribution < -0.4 is 5.32 Å². The van der Waals surface area contributed by atoms with Gasteiger partial charge in [0.1, 0.15) is 0 Å². The summed E-state index contributed by atoms with van der Waals surface area (Å²) in [6.45, 7) is 5.06. The van der Waals surface area contributed by atoms with E-state index in [0.717, 1.165) is 19.8 Å². The normalized spacial score (nSPS) is 22.2. The first kappa shape index (κ1) is 12.3. The molecule has 0 radical (unpaired) electrons. The van der Waals surface area contributed by atoms with Crippen LogP contribution in [-0.4, -0.2) is 19.3 Å². The largest absolute Gasteiger partial charge is 0.381 e. The van der Waals surface area contributed by atoms with Crippen LogP contribution in [0.3, 0.4) is 0 Å². The highest BCUT2D eigenvalue weighted by molar-refractivity contribution is 14.1. The number of hydrogen-bond acceptors (Lipinski definition) is 2. The maximum Gasteiger partial charge on any atom is 0.0509 e. The van der Waals surface area contributed by atoms with Crippen molar-refractivity contribution in [3.05, 3.63) is 33.4 Å². The highest BCUT2D eigenvalue weighted by Crippen LogP contribution is 2.16. The molecule has 2 atom stereocenters. The van der Waals surface area contributed by atoms with E-state index >= 15 is 0 Å². The molecule has 0 spiro atoms. The van der Waals surface area contributed by atoms with E-state index in [1.807, 2.05) is 0 Å². The topological polar surface area (TPSA) is 21.3 Å². The maximum absolute atomic E-state index is 5.41. The lowest BCUT2D eigenvalue weighted by Gasteiger charge is -2.19. The molecule has 2 nitrogen and oxygen atoms in total. The Morgan fingerprint density at radius 1 is 1.44 bits per heavy atom. The van der Waals surface area contributed by atoms with Crippen LogP contribution in [-0.2, 0) is 11.3 Å². The lowest BCUT2D eigenvalue weighted by Crippen LogP contribution is -2.33. The minimum Gasteiger partial charge on any atom is -0.381 e. The zero-order valence-electron chi connectivity index (χ0n) is 9.58. The molecule has 0 aromatic heterocycles. The second-order valence-corrected chi connectivity index (χ2v) is 5.67. The number of benzene rings is 1. The summed E-state index contributed by atoms with van der Waals surface area (Å²) in [4.78, 5) is 0. The highest BCUT2D eigenvalue weighted by Gasteiger charge is 2.21. The van der Waals surface area contributed by atoms with E-state index in [-0.39, 0.29) is 0 Å². The fourth-order valence-corrected chi connectivity index (χ4v) is 2.35. The summed E-state index contributed by atoms with van der Waals surface area (Å²) >= 11 is 2.33. The van der Waals surface area contributed by atoms with Crippen molar-refractivity contribution in [1.29, 1.82) is 0 Å². The molecule has 1 N–H and O–H groups in total. The number of halogens is 1. The minimum atomic E-state index is 0.543. The van der Waals surface area contributed by atoms with Gasteiger partial charge >= 0.3 is 0 Å². The van der Waals surface area contributed by atoms with E-state index in [2.05, 4.69) is 59.1 Å². The summed E-state index contributed by atoms with van der Waals surface area (Å²) in [5, 5.41) is 3.58. The Morgan fingerprint density at radius 2 is 2.19 bits per heavy atom. The number of hydrogen-bond donors (Lipinski definition) is 1. The lowest BCUT2D eigenvalue weighted by atomic mass is 10.0. The first-order chi connectivity index (χ1) is 7.75. The zero-order valence-corrected chi connectivity index (χ0v) is 11.7. The molecule has 0 aliphatic carbocycles. The van der Waals surface area contributed by atoms with Gasteiger partial charge in [-0.15, -0.1) is 0 Å². The standard InChI is InChI=1S/C13H18INO/c1-10(12-6-7-16-9-12)15-8-11-2-4-13(14)5-3-11/h2-5,10,12,15H,6-9H2,1H3. The third kappa shape index (κ3) is 3.43. The summed E-state index contributed by atoms with van der Waals surface area (Å²) in [5.41, 5.74) is 1.35. The molecule has 1 aromatic rings. The second kappa shape index (κ2) is 5.98. The van der Waals surface area contributed by atoms with Crippen LogP contribution in [0.15, 0.2) is 24.3 Å². The smallest absolute Gasteiger partial charge is 0.0509 e. The van der Waals surface area contributed by atoms with Gasteiger partial charge in [0.05, 0.1) is 6.61 Å². The van der Waals surface area contributed by atoms with Crippen molar-refractivity contribution in [2.45, 2.75) is 25.9 Å². The Hall–Kier alpha value is -0.130. The third-order valence-corrected chi connectivity index (χ3v) is 3.93. The molecule has 88 valence electrons. The molecule has 2 unspecified atom stereocenters. The zero-order chi connectivity index (χ0) is 11.4. The molecule has 1 aromatic carbocycles. The van der Waals surface area contributed by atoms with Crippen LogP contribution >= 0.6 is 22.6 Å². The summed E-state index contributed by atoms with van der Waals surface area (Å²) in [7, 11) is 0. The van der Waals surface area contributed by atoms with Gasteiger partial charge in [-0.2, -0.15) is 0 Å². The van der Waals surface area contributed by atoms with Crippen molar-refractivity contribution in [2.75, 3.05) is 13.2 Å². The molecule has 3 heteroatoms. The number of nitrogens with one attached hydrogen (secondary N) is 1. The van der Waals surface area contributed by atoms with Crippen molar-refractivity contribution in [3.8, 4) is 0 Å². The van der Waals surface area contributed by atoms with Gasteiger partial charge in [0.2, 0.25) is 0 Å². The summed E-state index contributed by atoms with van der Waals surface area (Å²) in [6, 6.07) is 9.22. The molecular weight excluding hydrogens is 313 g/mol. The second-order valence-electron chi connectivity index (χ2n) is 4.42. The Morgan fingerprint density at radius 3 is 2.81 bits per heavy atom. The molecule has 1 fully saturated rings. The quantitative estimate of drug-likeness (QED) is 0.857. The molecule has 0 saturated carbocycles. The van der Waals surface area contributed by atoms with Gasteiger partial charge < -0.3 is 10.1 Å². The summed E-state index contributed by atoms with van der Waals surface area (Å²) in [5.74, 6) is 0.684. The van der Waals surface area contributed by atoms with E-state index in [1.165, 1.54) is 15.6 Å². The SMILES string of the molecule is CC(NCc1ccc(I)cc1)C1CCOC1.